The molecule has 0 fully saturated rings. The normalized spacial score (nSPS) is 13.2. The van der Waals surface area contributed by atoms with E-state index in [0.717, 1.165) is 42.8 Å². The van der Waals surface area contributed by atoms with Gasteiger partial charge in [-0.05, 0) is 37.8 Å². The van der Waals surface area contributed by atoms with Crippen molar-refractivity contribution in [3.63, 3.8) is 0 Å². The van der Waals surface area contributed by atoms with E-state index in [9.17, 15) is 4.79 Å². The molecule has 2 aromatic carbocycles. The van der Waals surface area contributed by atoms with Gasteiger partial charge in [-0.15, -0.1) is 0 Å². The van der Waals surface area contributed by atoms with E-state index in [0.29, 0.717) is 12.2 Å². The highest BCUT2D eigenvalue weighted by molar-refractivity contribution is 5.95. The molecule has 5 heteroatoms. The number of hydrogen-bond donors (Lipinski definition) is 2. The molecule has 2 N–H and O–H groups in total. The Kier molecular flexibility index (Phi) is 5.42. The molecule has 1 aromatic heterocycles. The second kappa shape index (κ2) is 8.30. The van der Waals surface area contributed by atoms with E-state index in [2.05, 4.69) is 44.7 Å². The lowest BCUT2D eigenvalue weighted by atomic mass is 10.0. The van der Waals surface area contributed by atoms with Crippen LogP contribution in [0.4, 0.5) is 5.69 Å². The number of carbonyl (C=O) groups is 1. The minimum atomic E-state index is -0.0915. The number of nitrogens with one attached hydrogen (secondary N) is 2. The van der Waals surface area contributed by atoms with Crippen molar-refractivity contribution >= 4 is 11.6 Å². The number of aryl methyl sites for hydroxylation is 1. The first-order valence-corrected chi connectivity index (χ1v) is 9.95. The largest absolute Gasteiger partial charge is 0.371 e. The number of aromatic amines is 1. The summed E-state index contributed by atoms with van der Waals surface area (Å²) in [6.07, 6.45) is 3.27. The van der Waals surface area contributed by atoms with E-state index in [4.69, 9.17) is 0 Å². The number of H-pyrrole nitrogens is 1. The van der Waals surface area contributed by atoms with Crippen LogP contribution >= 0.6 is 0 Å². The van der Waals surface area contributed by atoms with E-state index in [1.807, 2.05) is 37.3 Å². The summed E-state index contributed by atoms with van der Waals surface area (Å²) in [5, 5.41) is 10.3. The van der Waals surface area contributed by atoms with Crippen molar-refractivity contribution in [3.8, 4) is 11.3 Å². The van der Waals surface area contributed by atoms with Crippen LogP contribution in [0.5, 0.6) is 0 Å². The molecule has 28 heavy (non-hydrogen) atoms. The highest BCUT2D eigenvalue weighted by atomic mass is 16.1. The van der Waals surface area contributed by atoms with Crippen molar-refractivity contribution in [2.45, 2.75) is 26.2 Å². The maximum atomic E-state index is 12.6. The topological polar surface area (TPSA) is 61.0 Å². The number of aromatic nitrogens is 2. The van der Waals surface area contributed by atoms with Crippen LogP contribution in [0.25, 0.3) is 11.3 Å². The van der Waals surface area contributed by atoms with Crippen LogP contribution in [-0.2, 0) is 6.42 Å². The van der Waals surface area contributed by atoms with Gasteiger partial charge in [0.15, 0.2) is 0 Å². The smallest absolute Gasteiger partial charge is 0.269 e. The molecule has 0 unspecified atom stereocenters. The Morgan fingerprint density at radius 1 is 1.14 bits per heavy atom. The molecule has 0 saturated heterocycles. The van der Waals surface area contributed by atoms with Crippen LogP contribution in [0.15, 0.2) is 54.6 Å². The molecular formula is C23H26N4O. The summed E-state index contributed by atoms with van der Waals surface area (Å²) in [4.78, 5) is 15.0. The van der Waals surface area contributed by atoms with Crippen molar-refractivity contribution in [1.82, 2.24) is 15.5 Å². The van der Waals surface area contributed by atoms with Gasteiger partial charge in [-0.25, -0.2) is 0 Å². The Morgan fingerprint density at radius 2 is 1.93 bits per heavy atom. The van der Waals surface area contributed by atoms with Crippen molar-refractivity contribution < 1.29 is 4.79 Å². The van der Waals surface area contributed by atoms with Gasteiger partial charge in [0.1, 0.15) is 5.69 Å². The molecule has 0 saturated carbocycles. The summed E-state index contributed by atoms with van der Waals surface area (Å²) in [5.41, 5.74) is 6.04. The Hall–Kier alpha value is -3.08. The number of carbonyl (C=O) groups excluding carboxylic acids is 1. The van der Waals surface area contributed by atoms with Crippen LogP contribution < -0.4 is 10.2 Å². The predicted molar refractivity (Wildman–Crippen MR) is 113 cm³/mol. The molecular weight excluding hydrogens is 348 g/mol. The van der Waals surface area contributed by atoms with Crippen LogP contribution in [-0.4, -0.2) is 35.7 Å². The van der Waals surface area contributed by atoms with Gasteiger partial charge in [0.05, 0.1) is 5.69 Å². The second-order valence-corrected chi connectivity index (χ2v) is 7.27. The van der Waals surface area contributed by atoms with Gasteiger partial charge in [0, 0.05) is 36.4 Å². The lowest BCUT2D eigenvalue weighted by molar-refractivity contribution is 0.0948. The summed E-state index contributed by atoms with van der Waals surface area (Å²) >= 11 is 0. The quantitative estimate of drug-likeness (QED) is 0.642. The highest BCUT2D eigenvalue weighted by Gasteiger charge is 2.18. The molecule has 5 nitrogen and oxygen atoms in total. The van der Waals surface area contributed by atoms with Crippen LogP contribution in [0, 0.1) is 6.92 Å². The first-order valence-electron chi connectivity index (χ1n) is 9.95. The standard InChI is InChI=1S/C23H26N4O/c1-17-21(19-10-3-2-4-11-19)25-26-22(17)23(28)24-14-8-16-27-15-7-12-18-9-5-6-13-20(18)27/h2-6,9-11,13H,7-8,12,14-16H2,1H3,(H,24,28)(H,25,26). The first kappa shape index (κ1) is 18.3. The highest BCUT2D eigenvalue weighted by Crippen LogP contribution is 2.26. The van der Waals surface area contributed by atoms with Gasteiger partial charge in [-0.3, -0.25) is 9.89 Å². The van der Waals surface area contributed by atoms with Gasteiger partial charge in [0.2, 0.25) is 0 Å². The van der Waals surface area contributed by atoms with Gasteiger partial charge < -0.3 is 10.2 Å². The molecule has 3 aromatic rings. The van der Waals surface area contributed by atoms with Crippen LogP contribution in [0.2, 0.25) is 0 Å². The zero-order valence-electron chi connectivity index (χ0n) is 16.2. The third-order valence-electron chi connectivity index (χ3n) is 5.38. The lowest BCUT2D eigenvalue weighted by Crippen LogP contribution is -2.33. The van der Waals surface area contributed by atoms with Crippen LogP contribution in [0.3, 0.4) is 0 Å². The molecule has 0 spiro atoms. The number of rotatable bonds is 6. The molecule has 4 rings (SSSR count). The molecule has 1 aliphatic heterocycles. The molecule has 1 amide bonds. The molecule has 0 aliphatic carbocycles. The maximum Gasteiger partial charge on any atom is 0.269 e. The number of benzene rings is 2. The molecule has 0 radical (unpaired) electrons. The number of fused-ring (bicyclic) bond motifs is 1. The maximum absolute atomic E-state index is 12.6. The van der Waals surface area contributed by atoms with Crippen molar-refractivity contribution in [2.75, 3.05) is 24.5 Å². The SMILES string of the molecule is Cc1c(-c2ccccc2)n[nH]c1C(=O)NCCCN1CCCc2ccccc21. The molecule has 144 valence electrons. The average Bonchev–Trinajstić information content (AvgIpc) is 3.13. The van der Waals surface area contributed by atoms with E-state index < -0.39 is 0 Å². The molecule has 0 atom stereocenters. The van der Waals surface area contributed by atoms with Gasteiger partial charge in [-0.1, -0.05) is 48.5 Å². The number of para-hydroxylation sites is 1. The third kappa shape index (κ3) is 3.79. The van der Waals surface area contributed by atoms with E-state index in [-0.39, 0.29) is 5.91 Å². The number of amides is 1. The Labute approximate surface area is 165 Å². The van der Waals surface area contributed by atoms with Crippen molar-refractivity contribution in [3.05, 3.63) is 71.4 Å². The van der Waals surface area contributed by atoms with E-state index >= 15 is 0 Å². The Morgan fingerprint density at radius 3 is 2.79 bits per heavy atom. The minimum absolute atomic E-state index is 0.0915. The Balaban J connectivity index is 1.32. The molecule has 1 aliphatic rings. The molecule has 0 bridgehead atoms. The summed E-state index contributed by atoms with van der Waals surface area (Å²) in [6, 6.07) is 18.6. The Bertz CT molecular complexity index is 948. The van der Waals surface area contributed by atoms with E-state index in [1.54, 1.807) is 0 Å². The van der Waals surface area contributed by atoms with E-state index in [1.165, 1.54) is 17.7 Å². The molecule has 2 heterocycles. The lowest BCUT2D eigenvalue weighted by Gasteiger charge is -2.31. The van der Waals surface area contributed by atoms with Crippen molar-refractivity contribution in [2.24, 2.45) is 0 Å². The van der Waals surface area contributed by atoms with Gasteiger partial charge >= 0.3 is 0 Å². The third-order valence-corrected chi connectivity index (χ3v) is 5.38. The number of hydrogen-bond acceptors (Lipinski definition) is 3. The monoisotopic (exact) mass is 374 g/mol. The summed E-state index contributed by atoms with van der Waals surface area (Å²) in [5.74, 6) is -0.0915. The second-order valence-electron chi connectivity index (χ2n) is 7.27. The average molecular weight is 374 g/mol. The number of nitrogens with zero attached hydrogens (tertiary/aromatic N) is 2. The zero-order chi connectivity index (χ0) is 19.3. The summed E-state index contributed by atoms with van der Waals surface area (Å²) in [7, 11) is 0. The van der Waals surface area contributed by atoms with Crippen LogP contribution in [0.1, 0.15) is 34.5 Å². The predicted octanol–water partition coefficient (Wildman–Crippen LogP) is 3.96. The van der Waals surface area contributed by atoms with Crippen molar-refractivity contribution in [1.29, 1.82) is 0 Å². The fourth-order valence-electron chi connectivity index (χ4n) is 3.90. The summed E-state index contributed by atoms with van der Waals surface area (Å²) < 4.78 is 0. The summed E-state index contributed by atoms with van der Waals surface area (Å²) in [6.45, 7) is 4.63. The first-order chi connectivity index (χ1) is 13.7. The van der Waals surface area contributed by atoms with Gasteiger partial charge in [-0.2, -0.15) is 5.10 Å². The fourth-order valence-corrected chi connectivity index (χ4v) is 3.90. The fraction of sp³-hybridized carbons (Fsp3) is 0.304. The minimum Gasteiger partial charge on any atom is -0.371 e. The van der Waals surface area contributed by atoms with Gasteiger partial charge in [0.25, 0.3) is 5.91 Å². The number of anilines is 1. The zero-order valence-corrected chi connectivity index (χ0v) is 16.2.